The molecule has 19 heavy (non-hydrogen) atoms. The lowest BCUT2D eigenvalue weighted by Crippen LogP contribution is -2.44. The Balaban J connectivity index is 1.80. The van der Waals surface area contributed by atoms with Gasteiger partial charge in [-0.15, -0.1) is 0 Å². The molecule has 2 aliphatic heterocycles. The molecule has 0 radical (unpaired) electrons. The third kappa shape index (κ3) is 3.86. The molecule has 2 saturated heterocycles. The summed E-state index contributed by atoms with van der Waals surface area (Å²) in [6, 6.07) is 0. The molecular formula is C12H20N4O2S. The van der Waals surface area contributed by atoms with Crippen LogP contribution in [0.15, 0.2) is 4.99 Å². The number of likely N-dealkylation sites (tertiary alicyclic amines) is 1. The van der Waals surface area contributed by atoms with Crippen molar-refractivity contribution < 1.29 is 9.59 Å². The molecule has 2 aliphatic rings. The molecule has 2 heterocycles. The molecule has 0 bridgehead atoms. The monoisotopic (exact) mass is 284 g/mol. The normalized spacial score (nSPS) is 22.0. The fraction of sp³-hybridized carbons (Fsp3) is 0.750. The van der Waals surface area contributed by atoms with Gasteiger partial charge in [-0.25, -0.2) is 0 Å². The summed E-state index contributed by atoms with van der Waals surface area (Å²) in [5.74, 6) is 2.49. The van der Waals surface area contributed by atoms with E-state index in [1.165, 1.54) is 4.90 Å². The van der Waals surface area contributed by atoms with Gasteiger partial charge in [0.2, 0.25) is 11.8 Å². The molecule has 6 nitrogen and oxygen atoms in total. The predicted molar refractivity (Wildman–Crippen MR) is 76.0 cm³/mol. The second-order valence-corrected chi connectivity index (χ2v) is 5.86. The molecule has 106 valence electrons. The van der Waals surface area contributed by atoms with Crippen molar-refractivity contribution in [3.05, 3.63) is 0 Å². The van der Waals surface area contributed by atoms with Crippen LogP contribution in [0, 0.1) is 0 Å². The van der Waals surface area contributed by atoms with Crippen molar-refractivity contribution in [3.8, 4) is 0 Å². The van der Waals surface area contributed by atoms with Crippen LogP contribution in [0.1, 0.15) is 19.3 Å². The number of imide groups is 1. The van der Waals surface area contributed by atoms with E-state index in [-0.39, 0.29) is 11.8 Å². The first-order valence-electron chi connectivity index (χ1n) is 6.64. The maximum Gasteiger partial charge on any atom is 0.229 e. The van der Waals surface area contributed by atoms with Crippen molar-refractivity contribution in [1.82, 2.24) is 9.80 Å². The van der Waals surface area contributed by atoms with Crippen LogP contribution in [0.4, 0.5) is 0 Å². The number of rotatable bonds is 3. The Bertz CT molecular complexity index is 364. The summed E-state index contributed by atoms with van der Waals surface area (Å²) in [5.41, 5.74) is 5.91. The number of carbonyl (C=O) groups excluding carboxylic acids is 2. The summed E-state index contributed by atoms with van der Waals surface area (Å²) in [6.45, 7) is 2.58. The lowest BCUT2D eigenvalue weighted by atomic mass is 10.1. The summed E-state index contributed by atoms with van der Waals surface area (Å²) in [4.78, 5) is 30.8. The van der Waals surface area contributed by atoms with E-state index in [2.05, 4.69) is 9.89 Å². The van der Waals surface area contributed by atoms with Gasteiger partial charge < -0.3 is 10.6 Å². The second-order valence-electron chi connectivity index (χ2n) is 4.63. The maximum atomic E-state index is 11.6. The minimum atomic E-state index is -0.0839. The van der Waals surface area contributed by atoms with Crippen molar-refractivity contribution in [2.75, 3.05) is 37.7 Å². The van der Waals surface area contributed by atoms with Crippen molar-refractivity contribution >= 4 is 29.5 Å². The van der Waals surface area contributed by atoms with Crippen LogP contribution in [-0.2, 0) is 9.59 Å². The lowest BCUT2D eigenvalue weighted by Gasteiger charge is -2.28. The van der Waals surface area contributed by atoms with Gasteiger partial charge in [0.15, 0.2) is 5.96 Å². The third-order valence-corrected chi connectivity index (χ3v) is 4.26. The van der Waals surface area contributed by atoms with Gasteiger partial charge in [0, 0.05) is 44.0 Å². The summed E-state index contributed by atoms with van der Waals surface area (Å²) < 4.78 is 0. The number of carbonyl (C=O) groups is 2. The molecule has 0 aromatic carbocycles. The van der Waals surface area contributed by atoms with Gasteiger partial charge in [-0.05, 0) is 6.42 Å². The molecule has 2 N–H and O–H groups in total. The van der Waals surface area contributed by atoms with Crippen LogP contribution in [0.5, 0.6) is 0 Å². The van der Waals surface area contributed by atoms with E-state index < -0.39 is 0 Å². The van der Waals surface area contributed by atoms with E-state index in [0.29, 0.717) is 38.3 Å². The first kappa shape index (κ1) is 14.2. The van der Waals surface area contributed by atoms with Gasteiger partial charge in [0.25, 0.3) is 0 Å². The summed E-state index contributed by atoms with van der Waals surface area (Å²) >= 11 is 1.91. The lowest BCUT2D eigenvalue weighted by molar-refractivity contribution is -0.147. The largest absolute Gasteiger partial charge is 0.370 e. The van der Waals surface area contributed by atoms with Crippen molar-refractivity contribution in [2.45, 2.75) is 19.3 Å². The highest BCUT2D eigenvalue weighted by molar-refractivity contribution is 7.99. The number of aliphatic imine (C=N–C) groups is 1. The summed E-state index contributed by atoms with van der Waals surface area (Å²) in [7, 11) is 0. The zero-order valence-electron chi connectivity index (χ0n) is 11.0. The summed E-state index contributed by atoms with van der Waals surface area (Å²) in [6.07, 6.45) is 1.60. The second kappa shape index (κ2) is 6.79. The predicted octanol–water partition coefficient (Wildman–Crippen LogP) is -0.111. The van der Waals surface area contributed by atoms with E-state index in [1.54, 1.807) is 0 Å². The van der Waals surface area contributed by atoms with Gasteiger partial charge in [0.1, 0.15) is 0 Å². The van der Waals surface area contributed by atoms with Crippen LogP contribution in [0.3, 0.4) is 0 Å². The molecular weight excluding hydrogens is 264 g/mol. The first-order valence-corrected chi connectivity index (χ1v) is 7.80. The SMILES string of the molecule is NC(=NCCN1C(=O)CCCC1=O)N1CCSCC1. The van der Waals surface area contributed by atoms with Crippen LogP contribution in [0.25, 0.3) is 0 Å². The molecule has 0 aromatic rings. The average molecular weight is 284 g/mol. The number of nitrogens with zero attached hydrogens (tertiary/aromatic N) is 3. The standard InChI is InChI=1S/C12H20N4O2S/c13-12(15-6-8-19-9-7-15)14-4-5-16-10(17)2-1-3-11(16)18/h1-9H2,(H2,13,14). The molecule has 0 unspecified atom stereocenters. The average Bonchev–Trinajstić information content (AvgIpc) is 2.43. The van der Waals surface area contributed by atoms with E-state index in [9.17, 15) is 9.59 Å². The van der Waals surface area contributed by atoms with Crippen LogP contribution >= 0.6 is 11.8 Å². The minimum absolute atomic E-state index is 0.0839. The number of thioether (sulfide) groups is 1. The molecule has 0 saturated carbocycles. The molecule has 7 heteroatoms. The first-order chi connectivity index (χ1) is 9.18. The molecule has 2 rings (SSSR count). The Morgan fingerprint density at radius 2 is 1.84 bits per heavy atom. The van der Waals surface area contributed by atoms with Gasteiger partial charge in [0.05, 0.1) is 6.54 Å². The third-order valence-electron chi connectivity index (χ3n) is 3.32. The van der Waals surface area contributed by atoms with E-state index in [0.717, 1.165) is 24.6 Å². The van der Waals surface area contributed by atoms with Gasteiger partial charge in [-0.3, -0.25) is 19.5 Å². The quantitative estimate of drug-likeness (QED) is 0.444. The van der Waals surface area contributed by atoms with E-state index in [1.807, 2.05) is 11.8 Å². The minimum Gasteiger partial charge on any atom is -0.370 e. The fourth-order valence-electron chi connectivity index (χ4n) is 2.21. The Kier molecular flexibility index (Phi) is 5.07. The Labute approximate surface area is 117 Å². The highest BCUT2D eigenvalue weighted by Gasteiger charge is 2.25. The molecule has 0 aromatic heterocycles. The van der Waals surface area contributed by atoms with Crippen LogP contribution in [-0.4, -0.2) is 65.3 Å². The molecule has 2 fully saturated rings. The zero-order valence-corrected chi connectivity index (χ0v) is 11.8. The number of hydrogen-bond donors (Lipinski definition) is 1. The molecule has 2 amide bonds. The van der Waals surface area contributed by atoms with Crippen molar-refractivity contribution in [3.63, 3.8) is 0 Å². The van der Waals surface area contributed by atoms with Crippen LogP contribution < -0.4 is 5.73 Å². The number of guanidine groups is 1. The van der Waals surface area contributed by atoms with Gasteiger partial charge in [-0.2, -0.15) is 11.8 Å². The number of hydrogen-bond acceptors (Lipinski definition) is 4. The Morgan fingerprint density at radius 3 is 2.47 bits per heavy atom. The fourth-order valence-corrected chi connectivity index (χ4v) is 3.11. The zero-order chi connectivity index (χ0) is 13.7. The van der Waals surface area contributed by atoms with E-state index in [4.69, 9.17) is 5.73 Å². The Morgan fingerprint density at radius 1 is 1.21 bits per heavy atom. The molecule has 0 spiro atoms. The van der Waals surface area contributed by atoms with Gasteiger partial charge >= 0.3 is 0 Å². The highest BCUT2D eigenvalue weighted by atomic mass is 32.2. The topological polar surface area (TPSA) is 79.0 Å². The van der Waals surface area contributed by atoms with Crippen LogP contribution in [0.2, 0.25) is 0 Å². The number of piperidine rings is 1. The van der Waals surface area contributed by atoms with Crippen molar-refractivity contribution in [2.24, 2.45) is 10.7 Å². The van der Waals surface area contributed by atoms with Crippen molar-refractivity contribution in [1.29, 1.82) is 0 Å². The maximum absolute atomic E-state index is 11.6. The summed E-state index contributed by atoms with van der Waals surface area (Å²) in [5, 5.41) is 0. The molecule has 0 aliphatic carbocycles. The molecule has 0 atom stereocenters. The highest BCUT2D eigenvalue weighted by Crippen LogP contribution is 2.12. The number of amides is 2. The van der Waals surface area contributed by atoms with E-state index >= 15 is 0 Å². The number of nitrogens with two attached hydrogens (primary N) is 1. The smallest absolute Gasteiger partial charge is 0.229 e. The Hall–Kier alpha value is -1.24. The van der Waals surface area contributed by atoms with Gasteiger partial charge in [-0.1, -0.05) is 0 Å².